The number of nitrogens with zero attached hydrogens (tertiary/aromatic N) is 2. The van der Waals surface area contributed by atoms with E-state index in [1.165, 1.54) is 12.1 Å². The Bertz CT molecular complexity index is 653. The van der Waals surface area contributed by atoms with Gasteiger partial charge in [0.15, 0.2) is 0 Å². The quantitative estimate of drug-likeness (QED) is 0.864. The van der Waals surface area contributed by atoms with Crippen LogP contribution in [0.2, 0.25) is 0 Å². The average molecular weight is 328 g/mol. The van der Waals surface area contributed by atoms with Gasteiger partial charge in [-0.3, -0.25) is 4.90 Å². The number of halogens is 1. The van der Waals surface area contributed by atoms with Crippen LogP contribution in [0, 0.1) is 5.82 Å². The molecule has 0 saturated carbocycles. The molecule has 126 valence electrons. The van der Waals surface area contributed by atoms with Crippen LogP contribution >= 0.6 is 0 Å². The molecule has 1 heterocycles. The van der Waals surface area contributed by atoms with E-state index in [2.05, 4.69) is 4.90 Å². The molecule has 5 heteroatoms. The molecule has 1 aliphatic rings. The fraction of sp³-hybridized carbons (Fsp3) is 0.316. The summed E-state index contributed by atoms with van der Waals surface area (Å²) >= 11 is 0. The Morgan fingerprint density at radius 3 is 2.29 bits per heavy atom. The molecule has 1 amide bonds. The van der Waals surface area contributed by atoms with Crippen LogP contribution in [-0.4, -0.2) is 48.6 Å². The zero-order chi connectivity index (χ0) is 16.8. The van der Waals surface area contributed by atoms with Gasteiger partial charge in [-0.05, 0) is 36.2 Å². The second-order valence-corrected chi connectivity index (χ2v) is 5.89. The van der Waals surface area contributed by atoms with Crippen LogP contribution in [-0.2, 0) is 6.42 Å². The largest absolute Gasteiger partial charge is 0.415 e. The highest BCUT2D eigenvalue weighted by Gasteiger charge is 2.22. The molecule has 0 N–H and O–H groups in total. The smallest absolute Gasteiger partial charge is 0.410 e. The maximum absolute atomic E-state index is 12.9. The van der Waals surface area contributed by atoms with E-state index in [9.17, 15) is 9.18 Å². The summed E-state index contributed by atoms with van der Waals surface area (Å²) in [5.41, 5.74) is 1.13. The van der Waals surface area contributed by atoms with Crippen LogP contribution in [0.1, 0.15) is 5.56 Å². The predicted molar refractivity (Wildman–Crippen MR) is 90.6 cm³/mol. The van der Waals surface area contributed by atoms with Crippen LogP contribution in [0.5, 0.6) is 5.75 Å². The number of para-hydroxylation sites is 1. The van der Waals surface area contributed by atoms with E-state index in [4.69, 9.17) is 4.74 Å². The van der Waals surface area contributed by atoms with Crippen LogP contribution in [0.4, 0.5) is 9.18 Å². The third-order valence-electron chi connectivity index (χ3n) is 4.21. The minimum Gasteiger partial charge on any atom is -0.410 e. The molecule has 3 rings (SSSR count). The molecule has 0 aromatic heterocycles. The summed E-state index contributed by atoms with van der Waals surface area (Å²) in [5.74, 6) is 0.366. The number of benzene rings is 2. The molecule has 4 nitrogen and oxygen atoms in total. The summed E-state index contributed by atoms with van der Waals surface area (Å²) < 4.78 is 18.3. The van der Waals surface area contributed by atoms with Crippen molar-refractivity contribution in [3.8, 4) is 5.75 Å². The fourth-order valence-electron chi connectivity index (χ4n) is 2.75. The molecule has 0 bridgehead atoms. The molecule has 1 aliphatic heterocycles. The van der Waals surface area contributed by atoms with Gasteiger partial charge in [0.2, 0.25) is 0 Å². The minimum atomic E-state index is -0.292. The van der Waals surface area contributed by atoms with Crippen LogP contribution in [0.3, 0.4) is 0 Å². The van der Waals surface area contributed by atoms with Crippen molar-refractivity contribution < 1.29 is 13.9 Å². The Morgan fingerprint density at radius 1 is 0.958 bits per heavy atom. The van der Waals surface area contributed by atoms with Crippen molar-refractivity contribution in [2.45, 2.75) is 6.42 Å². The Kier molecular flexibility index (Phi) is 5.43. The van der Waals surface area contributed by atoms with Crippen molar-refractivity contribution in [3.05, 3.63) is 66.0 Å². The zero-order valence-corrected chi connectivity index (χ0v) is 13.5. The number of amides is 1. The summed E-state index contributed by atoms with van der Waals surface area (Å²) in [6.07, 6.45) is 0.591. The maximum Gasteiger partial charge on any atom is 0.415 e. The lowest BCUT2D eigenvalue weighted by Gasteiger charge is -2.34. The molecule has 0 unspecified atom stereocenters. The lowest BCUT2D eigenvalue weighted by molar-refractivity contribution is 0.111. The van der Waals surface area contributed by atoms with E-state index < -0.39 is 0 Å². The Hall–Kier alpha value is -2.40. The topological polar surface area (TPSA) is 32.8 Å². The van der Waals surface area contributed by atoms with E-state index in [0.29, 0.717) is 18.8 Å². The number of piperazine rings is 1. The van der Waals surface area contributed by atoms with Gasteiger partial charge >= 0.3 is 6.09 Å². The Labute approximate surface area is 141 Å². The summed E-state index contributed by atoms with van der Waals surface area (Å²) in [5, 5.41) is 0. The van der Waals surface area contributed by atoms with E-state index in [1.54, 1.807) is 17.0 Å². The predicted octanol–water partition coefficient (Wildman–Crippen LogP) is 3.18. The molecule has 0 aliphatic carbocycles. The van der Waals surface area contributed by atoms with Crippen molar-refractivity contribution in [3.63, 3.8) is 0 Å². The second kappa shape index (κ2) is 7.93. The van der Waals surface area contributed by atoms with Crippen molar-refractivity contribution in [2.24, 2.45) is 0 Å². The third kappa shape index (κ3) is 4.55. The molecular weight excluding hydrogens is 307 g/mol. The van der Waals surface area contributed by atoms with Gasteiger partial charge < -0.3 is 9.64 Å². The molecule has 2 aromatic rings. The van der Waals surface area contributed by atoms with Crippen molar-refractivity contribution in [1.82, 2.24) is 9.80 Å². The van der Waals surface area contributed by atoms with Gasteiger partial charge in [0, 0.05) is 32.7 Å². The molecule has 1 fully saturated rings. The number of carbonyl (C=O) groups excluding carboxylic acids is 1. The highest BCUT2D eigenvalue weighted by molar-refractivity contribution is 5.70. The summed E-state index contributed by atoms with van der Waals surface area (Å²) in [6.45, 7) is 3.88. The first-order valence-electron chi connectivity index (χ1n) is 8.19. The number of ether oxygens (including phenoxy) is 1. The number of hydrogen-bond acceptors (Lipinski definition) is 3. The lowest BCUT2D eigenvalue weighted by Crippen LogP contribution is -2.49. The van der Waals surface area contributed by atoms with E-state index in [1.807, 2.05) is 30.3 Å². The van der Waals surface area contributed by atoms with Crippen LogP contribution < -0.4 is 4.74 Å². The summed E-state index contributed by atoms with van der Waals surface area (Å²) in [6, 6.07) is 15.8. The monoisotopic (exact) mass is 328 g/mol. The van der Waals surface area contributed by atoms with E-state index in [0.717, 1.165) is 31.6 Å². The lowest BCUT2D eigenvalue weighted by atomic mass is 10.1. The van der Waals surface area contributed by atoms with Gasteiger partial charge in [-0.15, -0.1) is 0 Å². The number of carbonyl (C=O) groups is 1. The SMILES string of the molecule is O=C(Oc1ccccc1)N1CCN(CCc2ccc(F)cc2)CC1. The van der Waals surface area contributed by atoms with E-state index >= 15 is 0 Å². The minimum absolute atomic E-state index is 0.204. The molecule has 1 saturated heterocycles. The highest BCUT2D eigenvalue weighted by Crippen LogP contribution is 2.12. The molecule has 24 heavy (non-hydrogen) atoms. The van der Waals surface area contributed by atoms with Gasteiger partial charge in [0.25, 0.3) is 0 Å². The first-order valence-corrected chi connectivity index (χ1v) is 8.19. The molecule has 2 aromatic carbocycles. The zero-order valence-electron chi connectivity index (χ0n) is 13.5. The van der Waals surface area contributed by atoms with Crippen LogP contribution in [0.15, 0.2) is 54.6 Å². The fourth-order valence-corrected chi connectivity index (χ4v) is 2.75. The van der Waals surface area contributed by atoms with Gasteiger partial charge in [0.05, 0.1) is 0 Å². The van der Waals surface area contributed by atoms with Crippen molar-refractivity contribution >= 4 is 6.09 Å². The summed E-state index contributed by atoms with van der Waals surface area (Å²) in [7, 11) is 0. The highest BCUT2D eigenvalue weighted by atomic mass is 19.1. The summed E-state index contributed by atoms with van der Waals surface area (Å²) in [4.78, 5) is 16.2. The van der Waals surface area contributed by atoms with E-state index in [-0.39, 0.29) is 11.9 Å². The molecular formula is C19H21FN2O2. The standard InChI is InChI=1S/C19H21FN2O2/c20-17-8-6-16(7-9-17)10-11-21-12-14-22(15-13-21)19(23)24-18-4-2-1-3-5-18/h1-9H,10-15H2. The Balaban J connectivity index is 1.42. The van der Waals surface area contributed by atoms with Crippen molar-refractivity contribution in [1.29, 1.82) is 0 Å². The van der Waals surface area contributed by atoms with Gasteiger partial charge in [-0.2, -0.15) is 0 Å². The second-order valence-electron chi connectivity index (χ2n) is 5.89. The average Bonchev–Trinajstić information content (AvgIpc) is 2.62. The number of hydrogen-bond donors (Lipinski definition) is 0. The normalized spacial score (nSPS) is 15.3. The maximum atomic E-state index is 12.9. The number of rotatable bonds is 4. The Morgan fingerprint density at radius 2 is 1.62 bits per heavy atom. The molecule has 0 atom stereocenters. The molecule has 0 radical (unpaired) electrons. The van der Waals surface area contributed by atoms with Crippen LogP contribution in [0.25, 0.3) is 0 Å². The first kappa shape index (κ1) is 16.5. The van der Waals surface area contributed by atoms with Gasteiger partial charge in [-0.1, -0.05) is 30.3 Å². The van der Waals surface area contributed by atoms with Crippen molar-refractivity contribution in [2.75, 3.05) is 32.7 Å². The molecule has 0 spiro atoms. The third-order valence-corrected chi connectivity index (χ3v) is 4.21. The van der Waals surface area contributed by atoms with Gasteiger partial charge in [0.1, 0.15) is 11.6 Å². The first-order chi connectivity index (χ1) is 11.7. The van der Waals surface area contributed by atoms with Gasteiger partial charge in [-0.25, -0.2) is 9.18 Å².